The normalized spacial score (nSPS) is 13.7. The molecular formula is C30H29N3O6S. The molecule has 0 N–H and O–H groups in total. The first-order valence-electron chi connectivity index (χ1n) is 13.0. The van der Waals surface area contributed by atoms with Gasteiger partial charge in [-0.2, -0.15) is 0 Å². The summed E-state index contributed by atoms with van der Waals surface area (Å²) in [7, 11) is 0. The number of likely N-dealkylation sites (tertiary alicyclic amines) is 1. The minimum atomic E-state index is -0.542. The van der Waals surface area contributed by atoms with Gasteiger partial charge >= 0.3 is 11.9 Å². The average Bonchev–Trinajstić information content (AvgIpc) is 3.57. The van der Waals surface area contributed by atoms with Crippen molar-refractivity contribution in [2.24, 2.45) is 0 Å². The zero-order valence-electron chi connectivity index (χ0n) is 22.5. The Morgan fingerprint density at radius 1 is 1.00 bits per heavy atom. The van der Waals surface area contributed by atoms with Gasteiger partial charge in [0.15, 0.2) is 11.5 Å². The van der Waals surface area contributed by atoms with E-state index in [2.05, 4.69) is 10.5 Å². The number of ether oxygens (including phenoxy) is 2. The van der Waals surface area contributed by atoms with Crippen LogP contribution in [0.5, 0.6) is 11.5 Å². The molecule has 0 spiro atoms. The van der Waals surface area contributed by atoms with E-state index in [-0.39, 0.29) is 29.7 Å². The van der Waals surface area contributed by atoms with Crippen molar-refractivity contribution >= 4 is 29.2 Å². The van der Waals surface area contributed by atoms with E-state index in [4.69, 9.17) is 19.0 Å². The van der Waals surface area contributed by atoms with Gasteiger partial charge in [-0.15, -0.1) is 11.3 Å². The van der Waals surface area contributed by atoms with Crippen LogP contribution in [-0.2, 0) is 20.8 Å². The predicted octanol–water partition coefficient (Wildman–Crippen LogP) is 5.57. The highest BCUT2D eigenvalue weighted by Crippen LogP contribution is 2.38. The van der Waals surface area contributed by atoms with Gasteiger partial charge in [0.25, 0.3) is 0 Å². The summed E-state index contributed by atoms with van der Waals surface area (Å²) in [6, 6.07) is 14.7. The molecule has 0 aliphatic carbocycles. The molecule has 1 saturated heterocycles. The fraction of sp³-hybridized carbons (Fsp3) is 0.300. The van der Waals surface area contributed by atoms with E-state index in [0.29, 0.717) is 18.7 Å². The van der Waals surface area contributed by atoms with Crippen LogP contribution in [0.1, 0.15) is 48.9 Å². The lowest BCUT2D eigenvalue weighted by Gasteiger charge is -2.31. The van der Waals surface area contributed by atoms with Crippen molar-refractivity contribution in [3.05, 3.63) is 70.2 Å². The van der Waals surface area contributed by atoms with Crippen molar-refractivity contribution in [3.63, 3.8) is 0 Å². The van der Waals surface area contributed by atoms with Crippen LogP contribution in [0.15, 0.2) is 58.4 Å². The smallest absolute Gasteiger partial charge is 0.308 e. The van der Waals surface area contributed by atoms with Gasteiger partial charge in [0.2, 0.25) is 5.91 Å². The number of hydrogen-bond acceptors (Lipinski definition) is 9. The molecule has 40 heavy (non-hydrogen) atoms. The zero-order valence-corrected chi connectivity index (χ0v) is 23.3. The Morgan fingerprint density at radius 2 is 1.70 bits per heavy atom. The molecular weight excluding hydrogens is 530 g/mol. The molecule has 1 aliphatic heterocycles. The van der Waals surface area contributed by atoms with Crippen LogP contribution in [0.25, 0.3) is 22.5 Å². The van der Waals surface area contributed by atoms with Crippen LogP contribution in [0.3, 0.4) is 0 Å². The number of rotatable bonds is 7. The fourth-order valence-corrected chi connectivity index (χ4v) is 5.84. The summed E-state index contributed by atoms with van der Waals surface area (Å²) < 4.78 is 15.8. The van der Waals surface area contributed by atoms with Gasteiger partial charge < -0.3 is 18.9 Å². The van der Waals surface area contributed by atoms with E-state index in [0.717, 1.165) is 46.1 Å². The molecule has 0 bridgehead atoms. The summed E-state index contributed by atoms with van der Waals surface area (Å²) in [5.74, 6) is 0.167. The first-order chi connectivity index (χ1) is 19.3. The highest BCUT2D eigenvalue weighted by Gasteiger charge is 2.27. The molecule has 0 saturated carbocycles. The lowest BCUT2D eigenvalue weighted by Crippen LogP contribution is -2.38. The van der Waals surface area contributed by atoms with Crippen LogP contribution in [0.2, 0.25) is 0 Å². The third kappa shape index (κ3) is 6.12. The Kier molecular flexibility index (Phi) is 8.06. The monoisotopic (exact) mass is 559 g/mol. The number of nitrogens with zero attached hydrogens (tertiary/aromatic N) is 3. The summed E-state index contributed by atoms with van der Waals surface area (Å²) in [5.41, 5.74) is 4.21. The van der Waals surface area contributed by atoms with Crippen LogP contribution in [0.4, 0.5) is 0 Å². The third-order valence-electron chi connectivity index (χ3n) is 6.76. The van der Waals surface area contributed by atoms with Gasteiger partial charge in [-0.3, -0.25) is 14.4 Å². The first kappa shape index (κ1) is 27.3. The number of hydrogen-bond donors (Lipinski definition) is 0. The standard InChI is InChI=1S/C30H29N3O6S/c1-18-28(29(32-39-18)22-7-5-4-6-8-22)24-17-40-30(31-24)23-11-13-33(14-12-23)27(36)16-21-9-10-25(37-19(2)34)26(15-21)38-20(3)35/h4-10,15,17,23H,11-14,16H2,1-3H3. The molecule has 5 rings (SSSR count). The average molecular weight is 560 g/mol. The Hall–Kier alpha value is -4.31. The van der Waals surface area contributed by atoms with Crippen molar-refractivity contribution in [1.29, 1.82) is 0 Å². The van der Waals surface area contributed by atoms with E-state index in [1.165, 1.54) is 19.9 Å². The molecule has 1 amide bonds. The van der Waals surface area contributed by atoms with E-state index < -0.39 is 11.9 Å². The summed E-state index contributed by atoms with van der Waals surface area (Å²) in [4.78, 5) is 42.8. The van der Waals surface area contributed by atoms with Gasteiger partial charge in [0, 0.05) is 43.8 Å². The topological polar surface area (TPSA) is 112 Å². The molecule has 0 atom stereocenters. The number of carbonyl (C=O) groups is 3. The SMILES string of the molecule is CC(=O)Oc1ccc(CC(=O)N2CCC(c3nc(-c4c(-c5ccccc5)noc4C)cs3)CC2)cc1OC(C)=O. The number of amides is 1. The van der Waals surface area contributed by atoms with Crippen LogP contribution < -0.4 is 9.47 Å². The molecule has 10 heteroatoms. The summed E-state index contributed by atoms with van der Waals surface area (Å²) >= 11 is 1.63. The molecule has 1 fully saturated rings. The van der Waals surface area contributed by atoms with E-state index in [9.17, 15) is 14.4 Å². The van der Waals surface area contributed by atoms with Gasteiger partial charge in [-0.05, 0) is 37.5 Å². The number of piperidine rings is 1. The molecule has 9 nitrogen and oxygen atoms in total. The minimum absolute atomic E-state index is 0.0140. The van der Waals surface area contributed by atoms with E-state index in [1.807, 2.05) is 42.2 Å². The van der Waals surface area contributed by atoms with Crippen molar-refractivity contribution in [3.8, 4) is 34.0 Å². The minimum Gasteiger partial charge on any atom is -0.423 e. The van der Waals surface area contributed by atoms with E-state index >= 15 is 0 Å². The number of carbonyl (C=O) groups excluding carboxylic acids is 3. The van der Waals surface area contributed by atoms with Gasteiger partial charge in [-0.1, -0.05) is 41.6 Å². The maximum Gasteiger partial charge on any atom is 0.308 e. The molecule has 1 aliphatic rings. The Balaban J connectivity index is 1.23. The molecule has 206 valence electrons. The molecule has 0 unspecified atom stereocenters. The van der Waals surface area contributed by atoms with E-state index in [1.54, 1.807) is 23.5 Å². The van der Waals surface area contributed by atoms with Gasteiger partial charge in [-0.25, -0.2) is 4.98 Å². The highest BCUT2D eigenvalue weighted by molar-refractivity contribution is 7.10. The molecule has 0 radical (unpaired) electrons. The second-order valence-electron chi connectivity index (χ2n) is 9.70. The summed E-state index contributed by atoms with van der Waals surface area (Å²) in [5, 5.41) is 7.39. The van der Waals surface area contributed by atoms with Crippen LogP contribution in [-0.4, -0.2) is 46.0 Å². The number of esters is 2. The molecule has 2 aromatic heterocycles. The summed E-state index contributed by atoms with van der Waals surface area (Å²) in [6.07, 6.45) is 1.78. The quantitative estimate of drug-likeness (QED) is 0.213. The van der Waals surface area contributed by atoms with Crippen molar-refractivity contribution in [1.82, 2.24) is 15.0 Å². The first-order valence-corrected chi connectivity index (χ1v) is 13.9. The van der Waals surface area contributed by atoms with Gasteiger partial charge in [0.05, 0.1) is 22.7 Å². The molecule has 3 heterocycles. The molecule has 4 aromatic rings. The number of thiazole rings is 1. The Bertz CT molecular complexity index is 1540. The van der Waals surface area contributed by atoms with Gasteiger partial charge in [0.1, 0.15) is 11.5 Å². The summed E-state index contributed by atoms with van der Waals surface area (Å²) in [6.45, 7) is 5.69. The predicted molar refractivity (Wildman–Crippen MR) is 149 cm³/mol. The van der Waals surface area contributed by atoms with Crippen molar-refractivity contribution in [2.75, 3.05) is 13.1 Å². The zero-order chi connectivity index (χ0) is 28.2. The maximum atomic E-state index is 13.1. The lowest BCUT2D eigenvalue weighted by atomic mass is 9.97. The molecule has 2 aromatic carbocycles. The largest absolute Gasteiger partial charge is 0.423 e. The second kappa shape index (κ2) is 11.8. The Morgan fingerprint density at radius 3 is 2.40 bits per heavy atom. The lowest BCUT2D eigenvalue weighted by molar-refractivity contribution is -0.134. The van der Waals surface area contributed by atoms with Crippen LogP contribution >= 0.6 is 11.3 Å². The van der Waals surface area contributed by atoms with Crippen molar-refractivity contribution < 1.29 is 28.4 Å². The third-order valence-corrected chi connectivity index (χ3v) is 7.76. The number of aromatic nitrogens is 2. The maximum absolute atomic E-state index is 13.1. The number of aryl methyl sites for hydroxylation is 1. The fourth-order valence-electron chi connectivity index (χ4n) is 4.86. The highest BCUT2D eigenvalue weighted by atomic mass is 32.1. The second-order valence-corrected chi connectivity index (χ2v) is 10.6. The number of benzene rings is 2. The Labute approximate surface area is 235 Å². The van der Waals surface area contributed by atoms with Crippen molar-refractivity contribution in [2.45, 2.75) is 46.0 Å². The van der Waals surface area contributed by atoms with Crippen LogP contribution in [0, 0.1) is 6.92 Å².